The molecule has 0 saturated heterocycles. The van der Waals surface area contributed by atoms with Crippen molar-refractivity contribution in [1.29, 1.82) is 0 Å². The topological polar surface area (TPSA) is 160 Å². The van der Waals surface area contributed by atoms with E-state index in [1.54, 1.807) is 6.92 Å². The molecule has 9 nitrogen and oxygen atoms in total. The van der Waals surface area contributed by atoms with Crippen molar-refractivity contribution in [2.24, 2.45) is 11.8 Å². The van der Waals surface area contributed by atoms with Crippen LogP contribution >= 0.6 is 7.82 Å². The summed E-state index contributed by atoms with van der Waals surface area (Å²) in [6, 6.07) is 0. The van der Waals surface area contributed by atoms with Crippen molar-refractivity contribution in [3.8, 4) is 0 Å². The van der Waals surface area contributed by atoms with Crippen molar-refractivity contribution < 1.29 is 76.7 Å². The Morgan fingerprint density at radius 2 is 1.61 bits per heavy atom. The molecule has 0 spiro atoms. The summed E-state index contributed by atoms with van der Waals surface area (Å²) >= 11 is 0. The van der Waals surface area contributed by atoms with Crippen LogP contribution in [-0.4, -0.2) is 69.3 Å². The van der Waals surface area contributed by atoms with Gasteiger partial charge in [0, 0.05) is 38.6 Å². The molecule has 1 aliphatic rings. The van der Waals surface area contributed by atoms with Gasteiger partial charge in [-0.3, -0.25) is 4.57 Å². The van der Waals surface area contributed by atoms with E-state index in [9.17, 15) is 29.9 Å². The molecule has 11 heteroatoms. The van der Waals surface area contributed by atoms with E-state index < -0.39 is 50.9 Å². The van der Waals surface area contributed by atoms with Crippen molar-refractivity contribution in [2.45, 2.75) is 50.8 Å². The van der Waals surface area contributed by atoms with Crippen LogP contribution in [0.25, 0.3) is 0 Å². The maximum Gasteiger partial charge on any atom is 0.268 e. The first kappa shape index (κ1) is 24.0. The summed E-state index contributed by atoms with van der Waals surface area (Å²) in [5, 5.41) is 48.2. The molecular formula is C12H24O9PY-. The van der Waals surface area contributed by atoms with Crippen LogP contribution in [0.15, 0.2) is 0 Å². The Bertz CT molecular complexity index is 383. The number of aliphatic hydroxyl groups excluding tert-OH is 5. The molecule has 0 aromatic carbocycles. The molecule has 0 aromatic heterocycles. The van der Waals surface area contributed by atoms with Gasteiger partial charge >= 0.3 is 0 Å². The van der Waals surface area contributed by atoms with E-state index in [1.165, 1.54) is 0 Å². The molecule has 0 aliphatic heterocycles. The molecule has 0 bridgehead atoms. The Labute approximate surface area is 160 Å². The van der Waals surface area contributed by atoms with Gasteiger partial charge in [-0.05, 0) is 5.92 Å². The van der Waals surface area contributed by atoms with Gasteiger partial charge in [-0.2, -0.15) is 0 Å². The van der Waals surface area contributed by atoms with Crippen molar-refractivity contribution in [3.63, 3.8) is 0 Å². The molecule has 1 aliphatic carbocycles. The molecule has 23 heavy (non-hydrogen) atoms. The van der Waals surface area contributed by atoms with Gasteiger partial charge in [0.2, 0.25) is 0 Å². The maximum atomic E-state index is 11.7. The molecule has 4 unspecified atom stereocenters. The maximum absolute atomic E-state index is 11.7. The Balaban J connectivity index is 0.00000484. The zero-order chi connectivity index (χ0) is 17.1. The van der Waals surface area contributed by atoms with E-state index >= 15 is 0 Å². The summed E-state index contributed by atoms with van der Waals surface area (Å²) in [5.41, 5.74) is 0. The molecule has 0 aromatic rings. The Morgan fingerprint density at radius 3 is 2.00 bits per heavy atom. The molecule has 135 valence electrons. The fourth-order valence-corrected chi connectivity index (χ4v) is 3.20. The molecular weight excluding hydrogens is 408 g/mol. The average Bonchev–Trinajstić information content (AvgIpc) is 2.48. The average molecular weight is 432 g/mol. The Hall–Kier alpha value is 1.01. The number of hydrogen-bond donors (Lipinski definition) is 5. The van der Waals surface area contributed by atoms with Gasteiger partial charge in [0.15, 0.2) is 0 Å². The molecule has 1 rings (SSSR count). The van der Waals surface area contributed by atoms with Crippen LogP contribution in [0.4, 0.5) is 0 Å². The van der Waals surface area contributed by atoms with Gasteiger partial charge in [0.25, 0.3) is 7.82 Å². The van der Waals surface area contributed by atoms with Gasteiger partial charge in [-0.15, -0.1) is 0 Å². The number of phosphoric ester groups is 1. The van der Waals surface area contributed by atoms with E-state index in [0.717, 1.165) is 0 Å². The Morgan fingerprint density at radius 1 is 1.13 bits per heavy atom. The summed E-state index contributed by atoms with van der Waals surface area (Å²) in [5.74, 6) is -1.25. The zero-order valence-corrected chi connectivity index (χ0v) is 16.8. The van der Waals surface area contributed by atoms with Crippen LogP contribution in [0.5, 0.6) is 0 Å². The predicted octanol–water partition coefficient (Wildman–Crippen LogP) is -2.03. The van der Waals surface area contributed by atoms with Crippen molar-refractivity contribution >= 4 is 7.82 Å². The molecule has 1 fully saturated rings. The zero-order valence-electron chi connectivity index (χ0n) is 13.1. The van der Waals surface area contributed by atoms with E-state index in [2.05, 4.69) is 9.05 Å². The monoisotopic (exact) mass is 432 g/mol. The summed E-state index contributed by atoms with van der Waals surface area (Å²) in [7, 11) is -4.84. The predicted molar refractivity (Wildman–Crippen MR) is 72.5 cm³/mol. The van der Waals surface area contributed by atoms with Crippen LogP contribution in [0, 0.1) is 11.8 Å². The first-order chi connectivity index (χ1) is 10.1. The normalized spacial score (nSPS) is 38.4. The van der Waals surface area contributed by atoms with Gasteiger partial charge < -0.3 is 39.5 Å². The fraction of sp³-hybridized carbons (Fsp3) is 1.00. The summed E-state index contributed by atoms with van der Waals surface area (Å²) < 4.78 is 21.0. The smallest absolute Gasteiger partial charge is 0.268 e. The van der Waals surface area contributed by atoms with Crippen LogP contribution < -0.4 is 4.89 Å². The molecule has 1 radical (unpaired) electrons. The summed E-state index contributed by atoms with van der Waals surface area (Å²) in [4.78, 5) is 11.7. The van der Waals surface area contributed by atoms with E-state index in [-0.39, 0.29) is 45.2 Å². The van der Waals surface area contributed by atoms with Crippen LogP contribution in [0.2, 0.25) is 0 Å². The first-order valence-corrected chi connectivity index (χ1v) is 8.57. The SMILES string of the molecule is CCC(C)COP(=O)([O-])OC1[C@H](O)[C@H](O)C(CO)[C@H](O)[C@H]1O.[Y]. The number of phosphoric acid groups is 1. The van der Waals surface area contributed by atoms with E-state index in [1.807, 2.05) is 6.92 Å². The van der Waals surface area contributed by atoms with Crippen molar-refractivity contribution in [3.05, 3.63) is 0 Å². The fourth-order valence-electron chi connectivity index (χ4n) is 2.16. The minimum Gasteiger partial charge on any atom is -0.756 e. The number of hydrogen-bond acceptors (Lipinski definition) is 9. The largest absolute Gasteiger partial charge is 0.756 e. The molecule has 0 amide bonds. The van der Waals surface area contributed by atoms with E-state index in [0.29, 0.717) is 6.42 Å². The standard InChI is InChI=1S/C12H25O9P.Y/c1-3-6(2)5-20-22(18,19)21-12-10(16)8(14)7(4-13)9(15)11(12)17;/h6-17H,3-5H2,1-2H3,(H,18,19);/p-1/t6?,7?,8-,9+,10-,11-,12?;/m1./s1. The van der Waals surface area contributed by atoms with Crippen molar-refractivity contribution in [1.82, 2.24) is 0 Å². The number of aliphatic hydroxyl groups is 5. The molecule has 8 atom stereocenters. The van der Waals surface area contributed by atoms with Gasteiger partial charge in [-0.25, -0.2) is 0 Å². The van der Waals surface area contributed by atoms with E-state index in [4.69, 9.17) is 5.11 Å². The molecule has 1 saturated carbocycles. The second-order valence-corrected chi connectivity index (χ2v) is 7.00. The van der Waals surface area contributed by atoms with Crippen LogP contribution in [0.1, 0.15) is 20.3 Å². The first-order valence-electron chi connectivity index (χ1n) is 7.11. The number of rotatable bonds is 7. The van der Waals surface area contributed by atoms with Gasteiger partial charge in [0.05, 0.1) is 25.4 Å². The third-order valence-corrected chi connectivity index (χ3v) is 4.89. The minimum absolute atomic E-state index is 0. The second kappa shape index (κ2) is 10.2. The Kier molecular flexibility index (Phi) is 10.7. The second-order valence-electron chi connectivity index (χ2n) is 5.64. The van der Waals surface area contributed by atoms with Crippen LogP contribution in [-0.2, 0) is 46.3 Å². The van der Waals surface area contributed by atoms with Gasteiger partial charge in [0.1, 0.15) is 18.3 Å². The van der Waals surface area contributed by atoms with Gasteiger partial charge in [-0.1, -0.05) is 20.3 Å². The minimum atomic E-state index is -4.84. The summed E-state index contributed by atoms with van der Waals surface area (Å²) in [6.07, 6.45) is -8.00. The third-order valence-electron chi connectivity index (χ3n) is 3.93. The quantitative estimate of drug-likeness (QED) is 0.286. The molecule has 5 N–H and O–H groups in total. The molecule has 0 heterocycles. The van der Waals surface area contributed by atoms with Crippen molar-refractivity contribution in [2.75, 3.05) is 13.2 Å². The third kappa shape index (κ3) is 6.35. The van der Waals surface area contributed by atoms with Crippen LogP contribution in [0.3, 0.4) is 0 Å². The summed E-state index contributed by atoms with van der Waals surface area (Å²) in [6.45, 7) is 2.80.